The summed E-state index contributed by atoms with van der Waals surface area (Å²) < 4.78 is 12.3. The van der Waals surface area contributed by atoms with Gasteiger partial charge in [0, 0.05) is 12.1 Å². The van der Waals surface area contributed by atoms with Gasteiger partial charge in [0.1, 0.15) is 17.6 Å². The fourth-order valence-electron chi connectivity index (χ4n) is 3.83. The molecule has 1 fully saturated rings. The summed E-state index contributed by atoms with van der Waals surface area (Å²) in [5, 5.41) is 3.57. The SMILES string of the molecule is c1ccc(C2CCc3ccc(OCCC4CCCCN4)cc3O2)cc1. The average Bonchev–Trinajstić information content (AvgIpc) is 2.69. The van der Waals surface area contributed by atoms with Crippen molar-refractivity contribution in [1.29, 1.82) is 0 Å². The Kier molecular flexibility index (Phi) is 5.22. The lowest BCUT2D eigenvalue weighted by Crippen LogP contribution is -2.35. The summed E-state index contributed by atoms with van der Waals surface area (Å²) in [5.41, 5.74) is 2.54. The minimum Gasteiger partial charge on any atom is -0.493 e. The monoisotopic (exact) mass is 337 g/mol. The van der Waals surface area contributed by atoms with Crippen molar-refractivity contribution in [2.24, 2.45) is 0 Å². The van der Waals surface area contributed by atoms with E-state index in [0.29, 0.717) is 6.04 Å². The maximum absolute atomic E-state index is 6.26. The van der Waals surface area contributed by atoms with E-state index in [9.17, 15) is 0 Å². The molecule has 0 aliphatic carbocycles. The van der Waals surface area contributed by atoms with E-state index in [4.69, 9.17) is 9.47 Å². The largest absolute Gasteiger partial charge is 0.493 e. The van der Waals surface area contributed by atoms with Crippen LogP contribution >= 0.6 is 0 Å². The van der Waals surface area contributed by atoms with Crippen LogP contribution in [0.25, 0.3) is 0 Å². The van der Waals surface area contributed by atoms with E-state index in [2.05, 4.69) is 47.8 Å². The first kappa shape index (κ1) is 16.5. The molecule has 3 nitrogen and oxygen atoms in total. The van der Waals surface area contributed by atoms with Gasteiger partial charge in [0.25, 0.3) is 0 Å². The third-order valence-corrected chi connectivity index (χ3v) is 5.30. The fourth-order valence-corrected chi connectivity index (χ4v) is 3.83. The zero-order valence-corrected chi connectivity index (χ0v) is 14.7. The topological polar surface area (TPSA) is 30.5 Å². The fraction of sp³-hybridized carbons (Fsp3) is 0.455. The van der Waals surface area contributed by atoms with Crippen molar-refractivity contribution < 1.29 is 9.47 Å². The Morgan fingerprint density at radius 2 is 1.96 bits per heavy atom. The minimum atomic E-state index is 0.149. The van der Waals surface area contributed by atoms with Crippen molar-refractivity contribution in [3.05, 3.63) is 59.7 Å². The Morgan fingerprint density at radius 1 is 1.04 bits per heavy atom. The first-order chi connectivity index (χ1) is 12.4. The van der Waals surface area contributed by atoms with Crippen LogP contribution in [0.3, 0.4) is 0 Å². The highest BCUT2D eigenvalue weighted by Crippen LogP contribution is 2.37. The predicted octanol–water partition coefficient (Wildman–Crippen LogP) is 4.66. The molecule has 0 aromatic heterocycles. The van der Waals surface area contributed by atoms with E-state index in [1.54, 1.807) is 0 Å². The van der Waals surface area contributed by atoms with Crippen LogP contribution in [0, 0.1) is 0 Å². The minimum absolute atomic E-state index is 0.149. The molecule has 1 saturated heterocycles. The molecule has 2 atom stereocenters. The first-order valence-corrected chi connectivity index (χ1v) is 9.59. The number of piperidine rings is 1. The van der Waals surface area contributed by atoms with Gasteiger partial charge in [0.15, 0.2) is 0 Å². The number of nitrogens with one attached hydrogen (secondary N) is 1. The molecule has 132 valence electrons. The molecular formula is C22H27NO2. The maximum Gasteiger partial charge on any atom is 0.127 e. The first-order valence-electron chi connectivity index (χ1n) is 9.59. The Labute approximate surface area is 150 Å². The van der Waals surface area contributed by atoms with Gasteiger partial charge in [-0.3, -0.25) is 0 Å². The Bertz CT molecular complexity index is 680. The molecule has 2 aliphatic rings. The van der Waals surface area contributed by atoms with Crippen LogP contribution in [0.15, 0.2) is 48.5 Å². The molecule has 0 saturated carbocycles. The summed E-state index contributed by atoms with van der Waals surface area (Å²) in [6.45, 7) is 1.91. The van der Waals surface area contributed by atoms with Gasteiger partial charge in [-0.05, 0) is 55.8 Å². The molecule has 0 spiro atoms. The number of hydrogen-bond donors (Lipinski definition) is 1. The van der Waals surface area contributed by atoms with Crippen molar-refractivity contribution in [1.82, 2.24) is 5.32 Å². The van der Waals surface area contributed by atoms with Crippen LogP contribution in [0.1, 0.15) is 49.3 Å². The van der Waals surface area contributed by atoms with Crippen molar-refractivity contribution >= 4 is 0 Å². The van der Waals surface area contributed by atoms with Crippen LogP contribution in [-0.4, -0.2) is 19.2 Å². The second-order valence-electron chi connectivity index (χ2n) is 7.11. The number of rotatable bonds is 5. The third kappa shape index (κ3) is 4.16. The van der Waals surface area contributed by atoms with Crippen LogP contribution in [-0.2, 0) is 6.42 Å². The van der Waals surface area contributed by atoms with Gasteiger partial charge >= 0.3 is 0 Å². The molecule has 4 rings (SSSR count). The second kappa shape index (κ2) is 7.92. The van der Waals surface area contributed by atoms with E-state index >= 15 is 0 Å². The van der Waals surface area contributed by atoms with E-state index in [0.717, 1.165) is 43.9 Å². The number of hydrogen-bond acceptors (Lipinski definition) is 3. The summed E-state index contributed by atoms with van der Waals surface area (Å²) in [5.74, 6) is 1.90. The standard InChI is InChI=1S/C22H27NO2/c1-2-6-17(7-3-1)21-12-10-18-9-11-20(16-22(18)25-21)24-15-13-19-8-4-5-14-23-19/h1-3,6-7,9,11,16,19,21,23H,4-5,8,10,12-15H2. The zero-order valence-electron chi connectivity index (χ0n) is 14.7. The normalized spacial score (nSPS) is 22.7. The lowest BCUT2D eigenvalue weighted by atomic mass is 9.97. The van der Waals surface area contributed by atoms with Crippen LogP contribution in [0.4, 0.5) is 0 Å². The number of fused-ring (bicyclic) bond motifs is 1. The lowest BCUT2D eigenvalue weighted by molar-refractivity contribution is 0.175. The van der Waals surface area contributed by atoms with Crippen LogP contribution in [0.5, 0.6) is 11.5 Å². The Balaban J connectivity index is 1.36. The molecule has 2 aliphatic heterocycles. The van der Waals surface area contributed by atoms with Gasteiger partial charge < -0.3 is 14.8 Å². The molecular weight excluding hydrogens is 310 g/mol. The van der Waals surface area contributed by atoms with Gasteiger partial charge in [-0.15, -0.1) is 0 Å². The van der Waals surface area contributed by atoms with Crippen LogP contribution < -0.4 is 14.8 Å². The molecule has 2 aromatic rings. The summed E-state index contributed by atoms with van der Waals surface area (Å²) in [6, 6.07) is 17.4. The highest BCUT2D eigenvalue weighted by Gasteiger charge is 2.21. The summed E-state index contributed by atoms with van der Waals surface area (Å²) in [6.07, 6.45) is 7.23. The lowest BCUT2D eigenvalue weighted by Gasteiger charge is -2.27. The molecule has 2 unspecified atom stereocenters. The zero-order chi connectivity index (χ0) is 16.9. The van der Waals surface area contributed by atoms with Crippen molar-refractivity contribution in [3.63, 3.8) is 0 Å². The molecule has 1 N–H and O–H groups in total. The van der Waals surface area contributed by atoms with Gasteiger partial charge in [0.2, 0.25) is 0 Å². The third-order valence-electron chi connectivity index (χ3n) is 5.30. The highest BCUT2D eigenvalue weighted by molar-refractivity contribution is 5.42. The molecule has 2 aromatic carbocycles. The number of aryl methyl sites for hydroxylation is 1. The number of benzene rings is 2. The highest BCUT2D eigenvalue weighted by atomic mass is 16.5. The number of ether oxygens (including phenoxy) is 2. The van der Waals surface area contributed by atoms with E-state index in [1.807, 2.05) is 6.07 Å². The predicted molar refractivity (Wildman–Crippen MR) is 100 cm³/mol. The quantitative estimate of drug-likeness (QED) is 0.860. The molecule has 0 bridgehead atoms. The molecule has 2 heterocycles. The Morgan fingerprint density at radius 3 is 2.80 bits per heavy atom. The summed E-state index contributed by atoms with van der Waals surface area (Å²) >= 11 is 0. The van der Waals surface area contributed by atoms with Gasteiger partial charge in [0.05, 0.1) is 6.61 Å². The smallest absolute Gasteiger partial charge is 0.127 e. The van der Waals surface area contributed by atoms with Gasteiger partial charge in [-0.1, -0.05) is 42.8 Å². The molecule has 0 radical (unpaired) electrons. The summed E-state index contributed by atoms with van der Waals surface area (Å²) in [7, 11) is 0. The van der Waals surface area contributed by atoms with Crippen molar-refractivity contribution in [2.75, 3.05) is 13.2 Å². The van der Waals surface area contributed by atoms with Crippen molar-refractivity contribution in [2.45, 2.75) is 50.7 Å². The maximum atomic E-state index is 6.26. The van der Waals surface area contributed by atoms with E-state index in [-0.39, 0.29) is 6.10 Å². The second-order valence-corrected chi connectivity index (χ2v) is 7.11. The average molecular weight is 337 g/mol. The molecule has 25 heavy (non-hydrogen) atoms. The Hall–Kier alpha value is -2.00. The van der Waals surface area contributed by atoms with Gasteiger partial charge in [-0.2, -0.15) is 0 Å². The van der Waals surface area contributed by atoms with E-state index in [1.165, 1.54) is 30.4 Å². The summed E-state index contributed by atoms with van der Waals surface area (Å²) in [4.78, 5) is 0. The van der Waals surface area contributed by atoms with Crippen LogP contribution in [0.2, 0.25) is 0 Å². The molecule has 0 amide bonds. The van der Waals surface area contributed by atoms with Gasteiger partial charge in [-0.25, -0.2) is 0 Å². The van der Waals surface area contributed by atoms with E-state index < -0.39 is 0 Å². The van der Waals surface area contributed by atoms with Crippen molar-refractivity contribution in [3.8, 4) is 11.5 Å². The molecule has 3 heteroatoms.